The van der Waals surface area contributed by atoms with Crippen LogP contribution in [0, 0.1) is 0 Å². The van der Waals surface area contributed by atoms with Gasteiger partial charge in [-0.3, -0.25) is 0 Å². The molecule has 1 aromatic heterocycles. The molecule has 0 amide bonds. The van der Waals surface area contributed by atoms with Crippen molar-refractivity contribution in [3.05, 3.63) is 23.9 Å². The highest BCUT2D eigenvalue weighted by molar-refractivity contribution is 7.99. The molecule has 5 heteroatoms. The molecule has 15 heavy (non-hydrogen) atoms. The van der Waals surface area contributed by atoms with Crippen LogP contribution in [0.25, 0.3) is 0 Å². The molecule has 0 aromatic carbocycles. The monoisotopic (exact) mass is 241 g/mol. The van der Waals surface area contributed by atoms with Gasteiger partial charge in [-0.05, 0) is 18.4 Å². The Hall–Kier alpha value is -0.810. The quantitative estimate of drug-likeness (QED) is 0.771. The summed E-state index contributed by atoms with van der Waals surface area (Å²) < 4.78 is 0. The topological polar surface area (TPSA) is 50.9 Å². The van der Waals surface area contributed by atoms with E-state index in [1.165, 1.54) is 0 Å². The maximum Gasteiger partial charge on any atom is 0.125 e. The molecule has 0 fully saturated rings. The van der Waals surface area contributed by atoms with E-state index in [2.05, 4.69) is 23.5 Å². The average molecular weight is 241 g/mol. The van der Waals surface area contributed by atoms with Gasteiger partial charge in [-0.25, -0.2) is 4.98 Å². The van der Waals surface area contributed by atoms with Crippen LogP contribution in [-0.4, -0.2) is 28.0 Å². The minimum absolute atomic E-state index is 0.381. The number of hydrogen-bond acceptors (Lipinski definition) is 4. The van der Waals surface area contributed by atoms with Crippen LogP contribution >= 0.6 is 24.0 Å². The first-order chi connectivity index (χ1) is 7.13. The fourth-order valence-corrected chi connectivity index (χ4v) is 1.35. The molecule has 82 valence electrons. The van der Waals surface area contributed by atoms with Gasteiger partial charge in [-0.15, -0.1) is 0 Å². The highest BCUT2D eigenvalue weighted by atomic mass is 32.2. The molecular weight excluding hydrogens is 226 g/mol. The van der Waals surface area contributed by atoms with Crippen molar-refractivity contribution in [3.63, 3.8) is 0 Å². The highest BCUT2D eigenvalue weighted by Gasteiger charge is 2.00. The van der Waals surface area contributed by atoms with Crippen LogP contribution in [-0.2, 0) is 0 Å². The molecular formula is C10H15N3S2. The zero-order valence-corrected chi connectivity index (χ0v) is 10.5. The van der Waals surface area contributed by atoms with Gasteiger partial charge < -0.3 is 11.1 Å². The third-order valence-corrected chi connectivity index (χ3v) is 3.23. The summed E-state index contributed by atoms with van der Waals surface area (Å²) in [6.45, 7) is 3.07. The summed E-state index contributed by atoms with van der Waals surface area (Å²) in [6.07, 6.45) is 3.78. The molecule has 1 unspecified atom stereocenters. The van der Waals surface area contributed by atoms with Crippen molar-refractivity contribution in [1.82, 2.24) is 4.98 Å². The molecule has 0 aliphatic rings. The van der Waals surface area contributed by atoms with Gasteiger partial charge in [0.1, 0.15) is 10.8 Å². The highest BCUT2D eigenvalue weighted by Crippen LogP contribution is 2.08. The number of hydrogen-bond donors (Lipinski definition) is 2. The molecule has 0 bridgehead atoms. The SMILES string of the molecule is CSC(C)CNc1ccc(C(N)=S)cn1. The Balaban J connectivity index is 2.53. The van der Waals surface area contributed by atoms with Crippen molar-refractivity contribution in [3.8, 4) is 0 Å². The maximum absolute atomic E-state index is 5.48. The number of nitrogens with zero attached hydrogens (tertiary/aromatic N) is 1. The van der Waals surface area contributed by atoms with E-state index in [4.69, 9.17) is 18.0 Å². The Morgan fingerprint density at radius 3 is 2.87 bits per heavy atom. The van der Waals surface area contributed by atoms with E-state index in [0.29, 0.717) is 10.2 Å². The molecule has 3 nitrogen and oxygen atoms in total. The van der Waals surface area contributed by atoms with Crippen molar-refractivity contribution in [2.45, 2.75) is 12.2 Å². The third kappa shape index (κ3) is 4.05. The summed E-state index contributed by atoms with van der Waals surface area (Å²) in [5.41, 5.74) is 6.27. The minimum Gasteiger partial charge on any atom is -0.389 e. The number of thiocarbonyl (C=S) groups is 1. The fraction of sp³-hybridized carbons (Fsp3) is 0.400. The second-order valence-electron chi connectivity index (χ2n) is 3.22. The van der Waals surface area contributed by atoms with Crippen LogP contribution in [0.5, 0.6) is 0 Å². The Kier molecular flexibility index (Phi) is 4.84. The molecule has 0 aliphatic carbocycles. The molecule has 0 spiro atoms. The summed E-state index contributed by atoms with van der Waals surface area (Å²) in [5.74, 6) is 0.857. The number of rotatable bonds is 5. The van der Waals surface area contributed by atoms with Gasteiger partial charge in [-0.1, -0.05) is 19.1 Å². The van der Waals surface area contributed by atoms with Crippen molar-refractivity contribution in [2.75, 3.05) is 18.1 Å². The van der Waals surface area contributed by atoms with Crippen molar-refractivity contribution in [1.29, 1.82) is 0 Å². The number of nitrogens with two attached hydrogens (primary N) is 1. The predicted octanol–water partition coefficient (Wildman–Crippen LogP) is 1.88. The average Bonchev–Trinajstić information content (AvgIpc) is 2.26. The summed E-state index contributed by atoms with van der Waals surface area (Å²) in [6, 6.07) is 3.77. The van der Waals surface area contributed by atoms with Gasteiger partial charge in [0.25, 0.3) is 0 Å². The number of thioether (sulfide) groups is 1. The van der Waals surface area contributed by atoms with Gasteiger partial charge in [-0.2, -0.15) is 11.8 Å². The molecule has 0 aliphatic heterocycles. The van der Waals surface area contributed by atoms with E-state index in [-0.39, 0.29) is 0 Å². The van der Waals surface area contributed by atoms with Crippen LogP contribution in [0.15, 0.2) is 18.3 Å². The molecule has 3 N–H and O–H groups in total. The van der Waals surface area contributed by atoms with Gasteiger partial charge >= 0.3 is 0 Å². The van der Waals surface area contributed by atoms with Gasteiger partial charge in [0.15, 0.2) is 0 Å². The number of anilines is 1. The summed E-state index contributed by atoms with van der Waals surface area (Å²) >= 11 is 6.67. The van der Waals surface area contributed by atoms with Crippen molar-refractivity contribution >= 4 is 34.8 Å². The Labute approximate surface area is 99.8 Å². The van der Waals surface area contributed by atoms with Gasteiger partial charge in [0.05, 0.1) is 0 Å². The first-order valence-electron chi connectivity index (χ1n) is 4.66. The van der Waals surface area contributed by atoms with Crippen molar-refractivity contribution < 1.29 is 0 Å². The van der Waals surface area contributed by atoms with E-state index < -0.39 is 0 Å². The van der Waals surface area contributed by atoms with E-state index >= 15 is 0 Å². The zero-order chi connectivity index (χ0) is 11.3. The first kappa shape index (κ1) is 12.3. The Morgan fingerprint density at radius 1 is 1.67 bits per heavy atom. The Morgan fingerprint density at radius 2 is 2.40 bits per heavy atom. The standard InChI is InChI=1S/C10H15N3S2/c1-7(15-2)5-12-9-4-3-8(6-13-9)10(11)14/h3-4,6-7H,5H2,1-2H3,(H2,11,14)(H,12,13). The lowest BCUT2D eigenvalue weighted by atomic mass is 10.3. The fourth-order valence-electron chi connectivity index (χ4n) is 0.976. The van der Waals surface area contributed by atoms with Crippen LogP contribution in [0.1, 0.15) is 12.5 Å². The lowest BCUT2D eigenvalue weighted by Gasteiger charge is -2.10. The van der Waals surface area contributed by atoms with Gasteiger partial charge in [0.2, 0.25) is 0 Å². The molecule has 1 atom stereocenters. The molecule has 0 saturated carbocycles. The normalized spacial score (nSPS) is 12.1. The van der Waals surface area contributed by atoms with Crippen LogP contribution in [0.3, 0.4) is 0 Å². The number of aromatic nitrogens is 1. The van der Waals surface area contributed by atoms with E-state index in [0.717, 1.165) is 17.9 Å². The lowest BCUT2D eigenvalue weighted by molar-refractivity contribution is 0.991. The second-order valence-corrected chi connectivity index (χ2v) is 4.94. The smallest absolute Gasteiger partial charge is 0.125 e. The molecule has 0 radical (unpaired) electrons. The zero-order valence-electron chi connectivity index (χ0n) is 8.86. The molecule has 0 saturated heterocycles. The lowest BCUT2D eigenvalue weighted by Crippen LogP contribution is -2.14. The largest absolute Gasteiger partial charge is 0.389 e. The summed E-state index contributed by atoms with van der Waals surface area (Å²) in [5, 5.41) is 3.82. The minimum atomic E-state index is 0.381. The second kappa shape index (κ2) is 5.92. The Bertz CT molecular complexity index is 324. The van der Waals surface area contributed by atoms with E-state index in [1.807, 2.05) is 23.9 Å². The van der Waals surface area contributed by atoms with Crippen LogP contribution < -0.4 is 11.1 Å². The van der Waals surface area contributed by atoms with Crippen LogP contribution in [0.2, 0.25) is 0 Å². The van der Waals surface area contributed by atoms with Crippen LogP contribution in [0.4, 0.5) is 5.82 Å². The predicted molar refractivity (Wildman–Crippen MR) is 71.6 cm³/mol. The first-order valence-corrected chi connectivity index (χ1v) is 6.35. The third-order valence-electron chi connectivity index (χ3n) is 2.02. The number of pyridine rings is 1. The summed E-state index contributed by atoms with van der Waals surface area (Å²) in [4.78, 5) is 4.60. The van der Waals surface area contributed by atoms with Gasteiger partial charge in [0, 0.05) is 23.6 Å². The molecule has 1 heterocycles. The summed E-state index contributed by atoms with van der Waals surface area (Å²) in [7, 11) is 0. The van der Waals surface area contributed by atoms with E-state index in [9.17, 15) is 0 Å². The maximum atomic E-state index is 5.48. The molecule has 1 aromatic rings. The van der Waals surface area contributed by atoms with Crippen molar-refractivity contribution in [2.24, 2.45) is 5.73 Å². The molecule has 1 rings (SSSR count). The number of nitrogens with one attached hydrogen (secondary N) is 1. The van der Waals surface area contributed by atoms with E-state index in [1.54, 1.807) is 6.20 Å².